The van der Waals surface area contributed by atoms with Gasteiger partial charge in [-0.25, -0.2) is 0 Å². The van der Waals surface area contributed by atoms with Crippen molar-refractivity contribution in [3.05, 3.63) is 0 Å². The first kappa shape index (κ1) is 15.9. The first-order valence-corrected chi connectivity index (χ1v) is 10.4. The summed E-state index contributed by atoms with van der Waals surface area (Å²) in [7, 11) is 1.96. The quantitative estimate of drug-likeness (QED) is 0.723. The van der Waals surface area contributed by atoms with Gasteiger partial charge in [0, 0.05) is 18.4 Å². The number of carbonyl (C=O) groups is 1. The van der Waals surface area contributed by atoms with Crippen LogP contribution in [-0.4, -0.2) is 19.0 Å². The Morgan fingerprint density at radius 1 is 1.04 bits per heavy atom. The number of hydrogen-bond donors (Lipinski definition) is 0. The smallest absolute Gasteiger partial charge is 0.133 e. The summed E-state index contributed by atoms with van der Waals surface area (Å²) in [5, 5.41) is 0. The van der Waals surface area contributed by atoms with Crippen LogP contribution in [0.1, 0.15) is 72.1 Å². The predicted molar refractivity (Wildman–Crippen MR) is 94.5 cm³/mol. The number of Topliss-reactive ketones (excluding diaryl/α,β-unsaturated/α-hetero) is 1. The third-order valence-corrected chi connectivity index (χ3v) is 10.3. The van der Waals surface area contributed by atoms with Crippen molar-refractivity contribution in [1.82, 2.24) is 0 Å². The van der Waals surface area contributed by atoms with Gasteiger partial charge in [-0.2, -0.15) is 0 Å². The Bertz CT molecular complexity index is 585. The highest BCUT2D eigenvalue weighted by molar-refractivity contribution is 5.79. The molecule has 24 heavy (non-hydrogen) atoms. The molecule has 5 fully saturated rings. The fourth-order valence-corrected chi connectivity index (χ4v) is 9.25. The van der Waals surface area contributed by atoms with Gasteiger partial charge in [-0.15, -0.1) is 0 Å². The number of hydrogen-bond acceptors (Lipinski definition) is 2. The largest absolute Gasteiger partial charge is 0.381 e. The van der Waals surface area contributed by atoms with E-state index >= 15 is 0 Å². The zero-order valence-electron chi connectivity index (χ0n) is 15.9. The SMILES string of the molecule is CO[C@@H]1C[C@@H]2[C@@H]3CC[C@H](C(C)=O)[C@]3(C)CC[C@@H]2[C@]2(C)CC[C@@H]3C[C@@]312. The summed E-state index contributed by atoms with van der Waals surface area (Å²) in [6.45, 7) is 6.92. The van der Waals surface area contributed by atoms with Gasteiger partial charge in [-0.1, -0.05) is 13.8 Å². The normalized spacial score (nSPS) is 60.8. The van der Waals surface area contributed by atoms with Crippen molar-refractivity contribution in [3.8, 4) is 0 Å². The lowest BCUT2D eigenvalue weighted by molar-refractivity contribution is -0.161. The summed E-state index contributed by atoms with van der Waals surface area (Å²) in [6, 6.07) is 0. The molecule has 2 nitrogen and oxygen atoms in total. The van der Waals surface area contributed by atoms with Crippen molar-refractivity contribution in [2.75, 3.05) is 7.11 Å². The van der Waals surface area contributed by atoms with E-state index in [1.165, 1.54) is 44.9 Å². The fraction of sp³-hybridized carbons (Fsp3) is 0.955. The van der Waals surface area contributed by atoms with Gasteiger partial charge in [0.05, 0.1) is 6.10 Å². The maximum absolute atomic E-state index is 12.3. The van der Waals surface area contributed by atoms with Crippen LogP contribution >= 0.6 is 0 Å². The minimum Gasteiger partial charge on any atom is -0.381 e. The van der Waals surface area contributed by atoms with Crippen LogP contribution in [0.25, 0.3) is 0 Å². The van der Waals surface area contributed by atoms with E-state index in [1.54, 1.807) is 0 Å². The predicted octanol–water partition coefficient (Wildman–Crippen LogP) is 4.86. The molecule has 134 valence electrons. The van der Waals surface area contributed by atoms with Crippen molar-refractivity contribution >= 4 is 5.78 Å². The van der Waals surface area contributed by atoms with Gasteiger partial charge in [0.25, 0.3) is 0 Å². The highest BCUT2D eigenvalue weighted by Crippen LogP contribution is 2.82. The Balaban J connectivity index is 1.53. The van der Waals surface area contributed by atoms with E-state index < -0.39 is 0 Å². The van der Waals surface area contributed by atoms with Gasteiger partial charge >= 0.3 is 0 Å². The number of fused-ring (bicyclic) bond motifs is 4. The van der Waals surface area contributed by atoms with E-state index in [2.05, 4.69) is 13.8 Å². The Labute approximate surface area is 147 Å². The van der Waals surface area contributed by atoms with Gasteiger partial charge in [0.15, 0.2) is 0 Å². The number of rotatable bonds is 2. The van der Waals surface area contributed by atoms with Crippen molar-refractivity contribution in [2.45, 2.75) is 78.2 Å². The molecule has 9 atom stereocenters. The zero-order valence-corrected chi connectivity index (χ0v) is 15.9. The van der Waals surface area contributed by atoms with Crippen molar-refractivity contribution < 1.29 is 9.53 Å². The molecule has 0 aromatic carbocycles. The molecule has 0 amide bonds. The summed E-state index contributed by atoms with van der Waals surface area (Å²) in [4.78, 5) is 12.3. The highest BCUT2D eigenvalue weighted by Gasteiger charge is 2.77. The molecule has 5 aliphatic carbocycles. The summed E-state index contributed by atoms with van der Waals surface area (Å²) < 4.78 is 6.15. The van der Waals surface area contributed by atoms with Crippen molar-refractivity contribution in [2.24, 2.45) is 45.8 Å². The van der Waals surface area contributed by atoms with Crippen LogP contribution in [0.5, 0.6) is 0 Å². The fourth-order valence-electron chi connectivity index (χ4n) is 9.25. The van der Waals surface area contributed by atoms with Gasteiger partial charge in [-0.05, 0) is 92.8 Å². The minimum absolute atomic E-state index is 0.272. The van der Waals surface area contributed by atoms with Crippen LogP contribution in [0.4, 0.5) is 0 Å². The second-order valence-corrected chi connectivity index (χ2v) is 10.5. The van der Waals surface area contributed by atoms with Crippen molar-refractivity contribution in [3.63, 3.8) is 0 Å². The van der Waals surface area contributed by atoms with E-state index in [0.717, 1.165) is 30.1 Å². The summed E-state index contributed by atoms with van der Waals surface area (Å²) >= 11 is 0. The molecule has 2 heteroatoms. The molecule has 0 radical (unpaired) electrons. The Kier molecular flexibility index (Phi) is 3.08. The third kappa shape index (κ3) is 1.57. The Morgan fingerprint density at radius 3 is 2.50 bits per heavy atom. The van der Waals surface area contributed by atoms with Crippen LogP contribution in [0.2, 0.25) is 0 Å². The topological polar surface area (TPSA) is 26.3 Å². The molecule has 0 unspecified atom stereocenters. The minimum atomic E-state index is 0.272. The molecule has 5 saturated carbocycles. The zero-order chi connectivity index (χ0) is 16.9. The molecule has 0 N–H and O–H groups in total. The number of ether oxygens (including phenoxy) is 1. The number of methoxy groups -OCH3 is 1. The van der Waals surface area contributed by atoms with E-state index in [0.29, 0.717) is 28.6 Å². The van der Waals surface area contributed by atoms with Crippen LogP contribution in [-0.2, 0) is 9.53 Å². The molecule has 0 aromatic heterocycles. The lowest BCUT2D eigenvalue weighted by Gasteiger charge is -2.60. The molecule has 5 aliphatic rings. The summed E-state index contributed by atoms with van der Waals surface area (Å²) in [6.07, 6.45) is 11.1. The maximum Gasteiger partial charge on any atom is 0.133 e. The van der Waals surface area contributed by atoms with E-state index in [-0.39, 0.29) is 5.41 Å². The van der Waals surface area contributed by atoms with Crippen LogP contribution < -0.4 is 0 Å². The van der Waals surface area contributed by atoms with Crippen LogP contribution in [0, 0.1) is 45.8 Å². The van der Waals surface area contributed by atoms with E-state index in [1.807, 2.05) is 14.0 Å². The molecule has 0 heterocycles. The lowest BCUT2D eigenvalue weighted by atomic mass is 9.45. The first-order chi connectivity index (χ1) is 11.4. The number of carbonyl (C=O) groups excluding carboxylic acids is 1. The first-order valence-electron chi connectivity index (χ1n) is 10.4. The lowest BCUT2D eigenvalue weighted by Crippen LogP contribution is -2.57. The van der Waals surface area contributed by atoms with Gasteiger partial charge < -0.3 is 4.74 Å². The second kappa shape index (κ2) is 4.67. The van der Waals surface area contributed by atoms with Gasteiger partial charge in [-0.3, -0.25) is 4.79 Å². The van der Waals surface area contributed by atoms with Gasteiger partial charge in [0.2, 0.25) is 0 Å². The van der Waals surface area contributed by atoms with Gasteiger partial charge in [0.1, 0.15) is 5.78 Å². The number of ketones is 1. The average molecular weight is 331 g/mol. The van der Waals surface area contributed by atoms with Crippen LogP contribution in [0.3, 0.4) is 0 Å². The molecular formula is C22H34O2. The maximum atomic E-state index is 12.3. The molecular weight excluding hydrogens is 296 g/mol. The van der Waals surface area contributed by atoms with Crippen molar-refractivity contribution in [1.29, 1.82) is 0 Å². The molecule has 0 aliphatic heterocycles. The molecule has 0 saturated heterocycles. The van der Waals surface area contributed by atoms with E-state index in [4.69, 9.17) is 4.74 Å². The molecule has 1 spiro atoms. The summed E-state index contributed by atoms with van der Waals surface area (Å²) in [5.74, 6) is 4.17. The standard InChI is InChI=1S/C22H34O2/c1-13(23)16-5-6-17-15-11-19(24-4)22-12-14(22)7-10-21(22,3)18(15)8-9-20(16,17)2/h14-19H,5-12H2,1-4H3/t14-,15-,16-,17+,18+,19-,20+,21+,22-/m1/s1. The summed E-state index contributed by atoms with van der Waals surface area (Å²) in [5.41, 5.74) is 1.31. The monoisotopic (exact) mass is 330 g/mol. The third-order valence-electron chi connectivity index (χ3n) is 10.3. The average Bonchev–Trinajstić information content (AvgIpc) is 3.04. The van der Waals surface area contributed by atoms with Crippen LogP contribution in [0.15, 0.2) is 0 Å². The molecule has 5 rings (SSSR count). The molecule has 0 aromatic rings. The Morgan fingerprint density at radius 2 is 1.83 bits per heavy atom. The highest BCUT2D eigenvalue weighted by atomic mass is 16.5. The Hall–Kier alpha value is -0.370. The second-order valence-electron chi connectivity index (χ2n) is 10.5. The molecule has 0 bridgehead atoms. The van der Waals surface area contributed by atoms with E-state index in [9.17, 15) is 4.79 Å².